The minimum absolute atomic E-state index is 0.347. The highest BCUT2D eigenvalue weighted by molar-refractivity contribution is 5.80. The van der Waals surface area contributed by atoms with Gasteiger partial charge in [0.2, 0.25) is 5.95 Å². The van der Waals surface area contributed by atoms with Crippen LogP contribution in [-0.4, -0.2) is 32.0 Å². The molecule has 0 unspecified atom stereocenters. The average Bonchev–Trinajstić information content (AvgIpc) is 3.05. The number of nitrogens with two attached hydrogens (primary N) is 1. The van der Waals surface area contributed by atoms with E-state index in [1.54, 1.807) is 6.20 Å². The molecule has 118 valence electrons. The van der Waals surface area contributed by atoms with Crippen LogP contribution in [0.4, 0.5) is 5.95 Å². The maximum atomic E-state index is 5.96. The first kappa shape index (κ1) is 14.1. The van der Waals surface area contributed by atoms with Crippen LogP contribution in [0.3, 0.4) is 0 Å². The summed E-state index contributed by atoms with van der Waals surface area (Å²) in [6, 6.07) is 6.77. The molecule has 3 aromatic heterocycles. The number of aromatic amines is 1. The number of anilines is 1. The van der Waals surface area contributed by atoms with Crippen molar-refractivity contribution in [2.75, 3.05) is 5.32 Å². The van der Waals surface area contributed by atoms with Crippen LogP contribution in [0.5, 0.6) is 0 Å². The normalized spacial score (nSPS) is 21.4. The van der Waals surface area contributed by atoms with Gasteiger partial charge in [-0.1, -0.05) is 0 Å². The first-order valence-electron chi connectivity index (χ1n) is 8.06. The Balaban J connectivity index is 1.55. The van der Waals surface area contributed by atoms with Gasteiger partial charge in [-0.15, -0.1) is 0 Å². The second-order valence-corrected chi connectivity index (χ2v) is 6.16. The molecule has 0 spiro atoms. The van der Waals surface area contributed by atoms with Crippen LogP contribution in [0, 0.1) is 0 Å². The molecule has 3 heterocycles. The summed E-state index contributed by atoms with van der Waals surface area (Å²) in [6.45, 7) is 0. The zero-order valence-electron chi connectivity index (χ0n) is 12.9. The Morgan fingerprint density at radius 3 is 2.87 bits per heavy atom. The predicted molar refractivity (Wildman–Crippen MR) is 91.0 cm³/mol. The number of fused-ring (bicyclic) bond motifs is 1. The summed E-state index contributed by atoms with van der Waals surface area (Å²) >= 11 is 0. The Bertz CT molecular complexity index is 803. The predicted octanol–water partition coefficient (Wildman–Crippen LogP) is 2.70. The van der Waals surface area contributed by atoms with Crippen LogP contribution in [0.2, 0.25) is 0 Å². The van der Waals surface area contributed by atoms with Crippen molar-refractivity contribution in [2.24, 2.45) is 5.73 Å². The summed E-state index contributed by atoms with van der Waals surface area (Å²) < 4.78 is 0. The molecule has 6 nitrogen and oxygen atoms in total. The Hall–Kier alpha value is -2.47. The quantitative estimate of drug-likeness (QED) is 0.692. The van der Waals surface area contributed by atoms with Crippen LogP contribution in [-0.2, 0) is 0 Å². The molecule has 1 aliphatic rings. The van der Waals surface area contributed by atoms with Crippen LogP contribution in [0.25, 0.3) is 22.3 Å². The van der Waals surface area contributed by atoms with Crippen LogP contribution in [0.1, 0.15) is 25.7 Å². The summed E-state index contributed by atoms with van der Waals surface area (Å²) in [5, 5.41) is 4.52. The first-order chi connectivity index (χ1) is 11.3. The molecule has 4 N–H and O–H groups in total. The molecule has 0 radical (unpaired) electrons. The summed E-state index contributed by atoms with van der Waals surface area (Å²) in [5.74, 6) is 0.678. The van der Waals surface area contributed by atoms with Gasteiger partial charge < -0.3 is 16.0 Å². The number of rotatable bonds is 3. The molecular formula is C17H20N6. The summed E-state index contributed by atoms with van der Waals surface area (Å²) in [4.78, 5) is 16.5. The van der Waals surface area contributed by atoms with Gasteiger partial charge in [0.25, 0.3) is 0 Å². The maximum absolute atomic E-state index is 5.96. The largest absolute Gasteiger partial charge is 0.351 e. The fraction of sp³-hybridized carbons (Fsp3) is 0.353. The zero-order chi connectivity index (χ0) is 15.6. The lowest BCUT2D eigenvalue weighted by Gasteiger charge is -2.26. The van der Waals surface area contributed by atoms with Crippen molar-refractivity contribution in [2.45, 2.75) is 37.8 Å². The zero-order valence-corrected chi connectivity index (χ0v) is 12.9. The van der Waals surface area contributed by atoms with E-state index in [0.29, 0.717) is 18.0 Å². The number of hydrogen-bond donors (Lipinski definition) is 3. The van der Waals surface area contributed by atoms with E-state index in [1.807, 2.05) is 24.5 Å². The van der Waals surface area contributed by atoms with E-state index >= 15 is 0 Å². The second kappa shape index (κ2) is 5.96. The molecule has 0 saturated heterocycles. The molecule has 0 bridgehead atoms. The Kier molecular flexibility index (Phi) is 3.67. The summed E-state index contributed by atoms with van der Waals surface area (Å²) in [7, 11) is 0. The van der Waals surface area contributed by atoms with Crippen molar-refractivity contribution in [1.29, 1.82) is 0 Å². The van der Waals surface area contributed by atoms with Crippen LogP contribution in [0.15, 0.2) is 36.8 Å². The highest BCUT2D eigenvalue weighted by Gasteiger charge is 2.19. The monoisotopic (exact) mass is 308 g/mol. The Labute approximate surface area is 134 Å². The van der Waals surface area contributed by atoms with E-state index in [0.717, 1.165) is 48.0 Å². The summed E-state index contributed by atoms with van der Waals surface area (Å²) in [6.07, 6.45) is 9.79. The van der Waals surface area contributed by atoms with Gasteiger partial charge in [0.15, 0.2) is 0 Å². The van der Waals surface area contributed by atoms with Gasteiger partial charge in [-0.3, -0.25) is 0 Å². The molecule has 0 atom stereocenters. The number of nitrogens with one attached hydrogen (secondary N) is 2. The topological polar surface area (TPSA) is 92.5 Å². The highest BCUT2D eigenvalue weighted by Crippen LogP contribution is 2.23. The van der Waals surface area contributed by atoms with Gasteiger partial charge in [0, 0.05) is 41.6 Å². The van der Waals surface area contributed by atoms with E-state index in [4.69, 9.17) is 5.73 Å². The van der Waals surface area contributed by atoms with Gasteiger partial charge in [0.05, 0.1) is 5.69 Å². The first-order valence-corrected chi connectivity index (χ1v) is 8.06. The van der Waals surface area contributed by atoms with Crippen molar-refractivity contribution in [3.8, 4) is 11.3 Å². The van der Waals surface area contributed by atoms with Gasteiger partial charge in [-0.05, 0) is 43.9 Å². The maximum Gasteiger partial charge on any atom is 0.223 e. The van der Waals surface area contributed by atoms with Crippen molar-refractivity contribution in [3.05, 3.63) is 36.8 Å². The van der Waals surface area contributed by atoms with E-state index in [1.165, 1.54) is 0 Å². The van der Waals surface area contributed by atoms with Crippen molar-refractivity contribution < 1.29 is 0 Å². The van der Waals surface area contributed by atoms with Gasteiger partial charge >= 0.3 is 0 Å². The minimum atomic E-state index is 0.347. The molecule has 6 heteroatoms. The van der Waals surface area contributed by atoms with Gasteiger partial charge in [-0.25, -0.2) is 15.0 Å². The SMILES string of the molecule is NC1CCC(Nc2nccc(-c3cnc4[nH]ccc4c3)n2)CC1. The molecule has 0 aliphatic heterocycles. The summed E-state index contributed by atoms with van der Waals surface area (Å²) in [5.41, 5.74) is 8.72. The minimum Gasteiger partial charge on any atom is -0.351 e. The molecule has 0 aromatic carbocycles. The Morgan fingerprint density at radius 2 is 2.00 bits per heavy atom. The number of hydrogen-bond acceptors (Lipinski definition) is 5. The number of aromatic nitrogens is 4. The molecule has 0 amide bonds. The smallest absolute Gasteiger partial charge is 0.223 e. The van der Waals surface area contributed by atoms with Gasteiger partial charge in [0.1, 0.15) is 5.65 Å². The third kappa shape index (κ3) is 3.03. The van der Waals surface area contributed by atoms with Crippen molar-refractivity contribution >= 4 is 17.0 Å². The average molecular weight is 308 g/mol. The second-order valence-electron chi connectivity index (χ2n) is 6.16. The van der Waals surface area contributed by atoms with E-state index < -0.39 is 0 Å². The molecular weight excluding hydrogens is 288 g/mol. The standard InChI is InChI=1S/C17H20N6/c18-13-1-3-14(4-2-13)22-17-20-8-6-15(23-17)12-9-11-5-7-19-16(11)21-10-12/h5-10,13-14H,1-4,18H2,(H,19,21)(H,20,22,23). The molecule has 1 saturated carbocycles. The van der Waals surface area contributed by atoms with E-state index in [9.17, 15) is 0 Å². The lowest BCUT2D eigenvalue weighted by molar-refractivity contribution is 0.410. The third-order valence-electron chi connectivity index (χ3n) is 4.46. The van der Waals surface area contributed by atoms with Gasteiger partial charge in [-0.2, -0.15) is 0 Å². The molecule has 4 rings (SSSR count). The molecule has 1 aliphatic carbocycles. The molecule has 1 fully saturated rings. The van der Waals surface area contributed by atoms with Crippen LogP contribution < -0.4 is 11.1 Å². The lowest BCUT2D eigenvalue weighted by Crippen LogP contribution is -2.33. The van der Waals surface area contributed by atoms with Crippen molar-refractivity contribution in [1.82, 2.24) is 19.9 Å². The van der Waals surface area contributed by atoms with Crippen LogP contribution >= 0.6 is 0 Å². The lowest BCUT2D eigenvalue weighted by atomic mass is 9.92. The fourth-order valence-electron chi connectivity index (χ4n) is 3.12. The Morgan fingerprint density at radius 1 is 1.13 bits per heavy atom. The number of pyridine rings is 1. The third-order valence-corrected chi connectivity index (χ3v) is 4.46. The van der Waals surface area contributed by atoms with Crippen molar-refractivity contribution in [3.63, 3.8) is 0 Å². The number of nitrogens with zero attached hydrogens (tertiary/aromatic N) is 3. The van der Waals surface area contributed by atoms with E-state index in [2.05, 4.69) is 31.3 Å². The highest BCUT2D eigenvalue weighted by atomic mass is 15.1. The molecule has 3 aromatic rings. The molecule has 23 heavy (non-hydrogen) atoms. The fourth-order valence-corrected chi connectivity index (χ4v) is 3.12. The number of H-pyrrole nitrogens is 1. The van der Waals surface area contributed by atoms with E-state index in [-0.39, 0.29) is 0 Å².